The molecule has 1 aromatic rings. The van der Waals surface area contributed by atoms with Crippen LogP contribution in [0, 0.1) is 6.92 Å². The van der Waals surface area contributed by atoms with Gasteiger partial charge in [-0.2, -0.15) is 0 Å². The Morgan fingerprint density at radius 1 is 1.27 bits per heavy atom. The predicted molar refractivity (Wildman–Crippen MR) is 61.2 cm³/mol. The molecule has 82 valence electrons. The molecular weight excluding hydrogens is 188 g/mol. The fourth-order valence-corrected chi connectivity index (χ4v) is 1.84. The first-order valence-electron chi connectivity index (χ1n) is 5.11. The topological polar surface area (TPSA) is 26.3 Å². The van der Waals surface area contributed by atoms with E-state index >= 15 is 0 Å². The molecule has 0 fully saturated rings. The van der Waals surface area contributed by atoms with Crippen LogP contribution in [-0.4, -0.2) is 5.97 Å². The Labute approximate surface area is 91.3 Å². The van der Waals surface area contributed by atoms with Crippen molar-refractivity contribution >= 4 is 5.97 Å². The second-order valence-electron chi connectivity index (χ2n) is 4.79. The van der Waals surface area contributed by atoms with Crippen LogP contribution in [0.1, 0.15) is 38.8 Å². The molecule has 0 spiro atoms. The number of carbonyl (C=O) groups excluding carboxylic acids is 1. The first-order chi connectivity index (χ1) is 6.82. The number of aryl methyl sites for hydroxylation is 1. The normalized spacial score (nSPS) is 11.3. The highest BCUT2D eigenvalue weighted by atomic mass is 16.5. The average molecular weight is 206 g/mol. The number of esters is 1. The van der Waals surface area contributed by atoms with Gasteiger partial charge in [-0.3, -0.25) is 4.79 Å². The van der Waals surface area contributed by atoms with Gasteiger partial charge in [-0.15, -0.1) is 0 Å². The number of rotatable bonds is 1. The number of hydrogen-bond acceptors (Lipinski definition) is 2. The van der Waals surface area contributed by atoms with Crippen molar-refractivity contribution in [2.75, 3.05) is 0 Å². The van der Waals surface area contributed by atoms with Crippen molar-refractivity contribution in [3.63, 3.8) is 0 Å². The van der Waals surface area contributed by atoms with Gasteiger partial charge in [-0.25, -0.2) is 0 Å². The molecule has 0 aromatic heterocycles. The van der Waals surface area contributed by atoms with Crippen LogP contribution in [0.2, 0.25) is 0 Å². The highest BCUT2D eigenvalue weighted by molar-refractivity contribution is 5.70. The quantitative estimate of drug-likeness (QED) is 0.521. The van der Waals surface area contributed by atoms with Crippen molar-refractivity contribution in [1.29, 1.82) is 0 Å². The maximum absolute atomic E-state index is 11.0. The number of carbonyl (C=O) groups is 1. The zero-order chi connectivity index (χ0) is 11.6. The van der Waals surface area contributed by atoms with Gasteiger partial charge in [0.25, 0.3) is 0 Å². The van der Waals surface area contributed by atoms with E-state index in [1.54, 1.807) is 0 Å². The second-order valence-corrected chi connectivity index (χ2v) is 4.79. The Morgan fingerprint density at radius 2 is 1.87 bits per heavy atom. The lowest BCUT2D eigenvalue weighted by molar-refractivity contribution is -0.131. The first kappa shape index (κ1) is 11.8. The third-order valence-corrected chi connectivity index (χ3v) is 2.24. The van der Waals surface area contributed by atoms with Gasteiger partial charge >= 0.3 is 5.97 Å². The van der Waals surface area contributed by atoms with E-state index in [9.17, 15) is 4.79 Å². The smallest absolute Gasteiger partial charge is 0.308 e. The molecule has 0 amide bonds. The van der Waals surface area contributed by atoms with Crippen LogP contribution in [0.15, 0.2) is 18.2 Å². The third kappa shape index (κ3) is 2.82. The van der Waals surface area contributed by atoms with Crippen molar-refractivity contribution in [2.24, 2.45) is 0 Å². The van der Waals surface area contributed by atoms with E-state index in [4.69, 9.17) is 4.74 Å². The average Bonchev–Trinajstić information content (AvgIpc) is 1.99. The minimum atomic E-state index is -0.272. The van der Waals surface area contributed by atoms with Crippen LogP contribution >= 0.6 is 0 Å². The van der Waals surface area contributed by atoms with Crippen molar-refractivity contribution in [2.45, 2.75) is 40.0 Å². The molecule has 2 heteroatoms. The summed E-state index contributed by atoms with van der Waals surface area (Å²) in [6, 6.07) is 5.78. The van der Waals surface area contributed by atoms with Crippen LogP contribution in [0.25, 0.3) is 0 Å². The van der Waals surface area contributed by atoms with Gasteiger partial charge in [0.05, 0.1) is 0 Å². The van der Waals surface area contributed by atoms with E-state index in [-0.39, 0.29) is 11.4 Å². The molecule has 0 N–H and O–H groups in total. The number of hydrogen-bond donors (Lipinski definition) is 0. The van der Waals surface area contributed by atoms with E-state index in [2.05, 4.69) is 20.8 Å². The molecule has 15 heavy (non-hydrogen) atoms. The molecule has 0 saturated carbocycles. The Kier molecular flexibility index (Phi) is 3.18. The molecule has 0 aliphatic carbocycles. The van der Waals surface area contributed by atoms with Crippen molar-refractivity contribution < 1.29 is 9.53 Å². The lowest BCUT2D eigenvalue weighted by Gasteiger charge is -2.24. The molecule has 0 radical (unpaired) electrons. The van der Waals surface area contributed by atoms with Gasteiger partial charge in [-0.05, 0) is 24.0 Å². The van der Waals surface area contributed by atoms with Gasteiger partial charge in [0, 0.05) is 12.5 Å². The van der Waals surface area contributed by atoms with E-state index in [1.165, 1.54) is 6.92 Å². The molecule has 1 rings (SSSR count). The predicted octanol–water partition coefficient (Wildman–Crippen LogP) is 3.22. The van der Waals surface area contributed by atoms with E-state index in [0.29, 0.717) is 5.75 Å². The minimum absolute atomic E-state index is 0.0177. The summed E-state index contributed by atoms with van der Waals surface area (Å²) >= 11 is 0. The zero-order valence-corrected chi connectivity index (χ0v) is 10.0. The van der Waals surface area contributed by atoms with Crippen LogP contribution < -0.4 is 4.74 Å². The van der Waals surface area contributed by atoms with Crippen LogP contribution in [0.3, 0.4) is 0 Å². The number of ether oxygens (including phenoxy) is 1. The molecule has 0 unspecified atom stereocenters. The van der Waals surface area contributed by atoms with E-state index < -0.39 is 0 Å². The first-order valence-corrected chi connectivity index (χ1v) is 5.11. The summed E-state index contributed by atoms with van der Waals surface area (Å²) < 4.78 is 5.21. The second kappa shape index (κ2) is 4.05. The lowest BCUT2D eigenvalue weighted by atomic mass is 9.83. The summed E-state index contributed by atoms with van der Waals surface area (Å²) in [5.41, 5.74) is 2.23. The monoisotopic (exact) mass is 206 g/mol. The van der Waals surface area contributed by atoms with Gasteiger partial charge in [-0.1, -0.05) is 32.9 Å². The molecule has 2 nitrogen and oxygen atoms in total. The summed E-state index contributed by atoms with van der Waals surface area (Å²) in [5, 5.41) is 0. The van der Waals surface area contributed by atoms with Crippen LogP contribution in [0.4, 0.5) is 0 Å². The minimum Gasteiger partial charge on any atom is -0.426 e. The van der Waals surface area contributed by atoms with Gasteiger partial charge in [0.2, 0.25) is 0 Å². The molecule has 1 aromatic carbocycles. The lowest BCUT2D eigenvalue weighted by Crippen LogP contribution is -2.16. The maximum Gasteiger partial charge on any atom is 0.308 e. The van der Waals surface area contributed by atoms with Crippen LogP contribution in [0.5, 0.6) is 5.75 Å². The Bertz CT molecular complexity index is 373. The fraction of sp³-hybridized carbons (Fsp3) is 0.462. The molecule has 0 atom stereocenters. The summed E-state index contributed by atoms with van der Waals surface area (Å²) in [5.74, 6) is 0.404. The summed E-state index contributed by atoms with van der Waals surface area (Å²) in [7, 11) is 0. The van der Waals surface area contributed by atoms with Gasteiger partial charge < -0.3 is 4.74 Å². The van der Waals surface area contributed by atoms with Gasteiger partial charge in [0.1, 0.15) is 5.75 Å². The molecule has 0 aliphatic heterocycles. The molecular formula is C13H18O2. The SMILES string of the molecule is CC(=O)Oc1cccc(C)c1C(C)(C)C. The van der Waals surface area contributed by atoms with Crippen LogP contribution in [-0.2, 0) is 10.2 Å². The molecule has 0 heterocycles. The largest absolute Gasteiger partial charge is 0.426 e. The number of benzene rings is 1. The highest BCUT2D eigenvalue weighted by Gasteiger charge is 2.21. The van der Waals surface area contributed by atoms with Crippen molar-refractivity contribution in [3.8, 4) is 5.75 Å². The summed E-state index contributed by atoms with van der Waals surface area (Å²) in [4.78, 5) is 11.0. The molecule has 0 saturated heterocycles. The van der Waals surface area contributed by atoms with Crippen molar-refractivity contribution in [1.82, 2.24) is 0 Å². The standard InChI is InChI=1S/C13H18O2/c1-9-7-6-8-11(15-10(2)14)12(9)13(3,4)5/h6-8H,1-5H3. The third-order valence-electron chi connectivity index (χ3n) is 2.24. The van der Waals surface area contributed by atoms with E-state index in [1.807, 2.05) is 25.1 Å². The van der Waals surface area contributed by atoms with Gasteiger partial charge in [0.15, 0.2) is 0 Å². The Hall–Kier alpha value is -1.31. The Balaban J connectivity index is 3.27. The Morgan fingerprint density at radius 3 is 2.33 bits per heavy atom. The zero-order valence-electron chi connectivity index (χ0n) is 10.0. The van der Waals surface area contributed by atoms with Crippen molar-refractivity contribution in [3.05, 3.63) is 29.3 Å². The summed E-state index contributed by atoms with van der Waals surface area (Å²) in [6.07, 6.45) is 0. The molecule has 0 aliphatic rings. The highest BCUT2D eigenvalue weighted by Crippen LogP contribution is 2.33. The summed E-state index contributed by atoms with van der Waals surface area (Å²) in [6.45, 7) is 9.80. The molecule has 0 bridgehead atoms. The van der Waals surface area contributed by atoms with E-state index in [0.717, 1.165) is 11.1 Å². The maximum atomic E-state index is 11.0. The fourth-order valence-electron chi connectivity index (χ4n) is 1.84.